The molecular weight excluding hydrogens is 242 g/mol. The Kier molecular flexibility index (Phi) is 4.49. The first-order valence-electron chi connectivity index (χ1n) is 6.18. The number of hydrogen-bond acceptors (Lipinski definition) is 1. The molecule has 0 aliphatic carbocycles. The molecule has 0 spiro atoms. The Morgan fingerprint density at radius 1 is 1.06 bits per heavy atom. The predicted octanol–water partition coefficient (Wildman–Crippen LogP) is 3.87. The molecule has 3 heteroatoms. The van der Waals surface area contributed by atoms with Crippen LogP contribution in [0.2, 0.25) is 0 Å². The smallest absolute Gasteiger partial charge is 0.144 e. The van der Waals surface area contributed by atoms with E-state index in [0.717, 1.165) is 5.56 Å². The third-order valence-corrected chi connectivity index (χ3v) is 3.92. The highest BCUT2D eigenvalue weighted by Gasteiger charge is 2.19. The van der Waals surface area contributed by atoms with Crippen molar-refractivity contribution in [1.29, 1.82) is 0 Å². The van der Waals surface area contributed by atoms with Crippen molar-refractivity contribution < 1.29 is 4.21 Å². The molecule has 0 aromatic heterocycles. The lowest BCUT2D eigenvalue weighted by Crippen LogP contribution is -2.20. The van der Waals surface area contributed by atoms with E-state index in [-0.39, 0.29) is 10.2 Å². The van der Waals surface area contributed by atoms with Gasteiger partial charge in [0.2, 0.25) is 0 Å². The van der Waals surface area contributed by atoms with Gasteiger partial charge < -0.3 is 0 Å². The number of hydrogen-bond donors (Lipinski definition) is 0. The van der Waals surface area contributed by atoms with E-state index in [4.69, 9.17) is 0 Å². The van der Waals surface area contributed by atoms with E-state index >= 15 is 0 Å². The monoisotopic (exact) mass is 265 g/mol. The maximum absolute atomic E-state index is 11.9. The molecule has 0 aliphatic rings. The molecule has 0 aliphatic heterocycles. The van der Waals surface area contributed by atoms with E-state index in [2.05, 4.69) is 31.2 Å². The van der Waals surface area contributed by atoms with Crippen molar-refractivity contribution in [1.82, 2.24) is 0 Å². The second kappa shape index (κ2) is 5.35. The van der Waals surface area contributed by atoms with Gasteiger partial charge >= 0.3 is 0 Å². The number of benzene rings is 1. The largest absolute Gasteiger partial charge is 0.234 e. The zero-order chi connectivity index (χ0) is 14.0. The molecule has 0 saturated carbocycles. The summed E-state index contributed by atoms with van der Waals surface area (Å²) in [5.41, 5.74) is 2.33. The summed E-state index contributed by atoms with van der Waals surface area (Å²) in [5.74, 6) is 0. The average Bonchev–Trinajstić information content (AvgIpc) is 2.23. The van der Waals surface area contributed by atoms with Crippen molar-refractivity contribution in [2.75, 3.05) is 0 Å². The summed E-state index contributed by atoms with van der Waals surface area (Å²) in [4.78, 5) is 0. The van der Waals surface area contributed by atoms with Gasteiger partial charge in [0.15, 0.2) is 0 Å². The summed E-state index contributed by atoms with van der Waals surface area (Å²) >= 11 is 0. The molecule has 2 nitrogen and oxygen atoms in total. The van der Waals surface area contributed by atoms with Crippen LogP contribution in [0.3, 0.4) is 0 Å². The van der Waals surface area contributed by atoms with Gasteiger partial charge in [-0.25, -0.2) is 4.21 Å². The second-order valence-electron chi connectivity index (χ2n) is 6.43. The molecule has 0 N–H and O–H groups in total. The quantitative estimate of drug-likeness (QED) is 0.746. The molecule has 0 amide bonds. The Morgan fingerprint density at radius 2 is 1.61 bits per heavy atom. The van der Waals surface area contributed by atoms with Crippen molar-refractivity contribution in [3.8, 4) is 0 Å². The van der Waals surface area contributed by atoms with Crippen LogP contribution < -0.4 is 0 Å². The first-order chi connectivity index (χ1) is 8.12. The van der Waals surface area contributed by atoms with E-state index in [1.54, 1.807) is 6.21 Å². The molecule has 1 aromatic rings. The molecule has 0 saturated heterocycles. The van der Waals surface area contributed by atoms with Gasteiger partial charge in [0, 0.05) is 6.21 Å². The van der Waals surface area contributed by atoms with E-state index in [9.17, 15) is 4.21 Å². The SMILES string of the molecule is CC(C)(C)c1ccccc1C=N[S@@](=O)C(C)(C)C. The topological polar surface area (TPSA) is 29.4 Å². The molecule has 18 heavy (non-hydrogen) atoms. The van der Waals surface area contributed by atoms with Crippen LogP contribution in [-0.4, -0.2) is 15.2 Å². The van der Waals surface area contributed by atoms with Gasteiger partial charge in [0.1, 0.15) is 11.0 Å². The van der Waals surface area contributed by atoms with Crippen LogP contribution in [0.25, 0.3) is 0 Å². The number of rotatable bonds is 2. The van der Waals surface area contributed by atoms with Gasteiger partial charge in [-0.3, -0.25) is 0 Å². The van der Waals surface area contributed by atoms with Crippen LogP contribution >= 0.6 is 0 Å². The maximum atomic E-state index is 11.9. The van der Waals surface area contributed by atoms with Gasteiger partial charge in [-0.05, 0) is 37.3 Å². The third-order valence-electron chi connectivity index (χ3n) is 2.58. The predicted molar refractivity (Wildman–Crippen MR) is 80.6 cm³/mol. The van der Waals surface area contributed by atoms with E-state index < -0.39 is 11.0 Å². The minimum absolute atomic E-state index is 0.0613. The van der Waals surface area contributed by atoms with E-state index in [1.807, 2.05) is 39.0 Å². The lowest BCUT2D eigenvalue weighted by molar-refractivity contribution is 0.589. The first-order valence-corrected chi connectivity index (χ1v) is 7.28. The van der Waals surface area contributed by atoms with Crippen LogP contribution in [-0.2, 0) is 16.4 Å². The van der Waals surface area contributed by atoms with Gasteiger partial charge in [-0.2, -0.15) is 4.40 Å². The molecular formula is C15H23NOS. The second-order valence-corrected chi connectivity index (χ2v) is 8.37. The average molecular weight is 265 g/mol. The Hall–Kier alpha value is -0.960. The minimum Gasteiger partial charge on any atom is -0.234 e. The Bertz CT molecular complexity index is 464. The Labute approximate surface area is 113 Å². The van der Waals surface area contributed by atoms with Gasteiger partial charge in [-0.15, -0.1) is 0 Å². The summed E-state index contributed by atoms with van der Waals surface area (Å²) in [7, 11) is -1.20. The fourth-order valence-corrected chi connectivity index (χ4v) is 2.08. The highest BCUT2D eigenvalue weighted by Crippen LogP contribution is 2.25. The van der Waals surface area contributed by atoms with Crippen molar-refractivity contribution in [2.24, 2.45) is 4.40 Å². The maximum Gasteiger partial charge on any atom is 0.144 e. The molecule has 0 fully saturated rings. The highest BCUT2D eigenvalue weighted by atomic mass is 32.2. The standard InChI is InChI=1S/C15H23NOS/c1-14(2,3)13-10-8-7-9-12(13)11-16-18(17)15(4,5)6/h7-11H,1-6H3/t18-/m0/s1. The van der Waals surface area contributed by atoms with Gasteiger partial charge in [0.05, 0.1) is 4.75 Å². The van der Waals surface area contributed by atoms with Crippen LogP contribution in [0.1, 0.15) is 52.7 Å². The van der Waals surface area contributed by atoms with Crippen molar-refractivity contribution >= 4 is 17.2 Å². The lowest BCUT2D eigenvalue weighted by atomic mass is 9.84. The number of nitrogens with zero attached hydrogens (tertiary/aromatic N) is 1. The minimum atomic E-state index is -1.20. The first kappa shape index (κ1) is 15.1. The molecule has 0 radical (unpaired) electrons. The molecule has 1 rings (SSSR count). The Balaban J connectivity index is 3.06. The zero-order valence-corrected chi connectivity index (χ0v) is 13.0. The summed E-state index contributed by atoms with van der Waals surface area (Å²) in [6.07, 6.45) is 1.74. The van der Waals surface area contributed by atoms with Crippen LogP contribution in [0.4, 0.5) is 0 Å². The van der Waals surface area contributed by atoms with Gasteiger partial charge in [0.25, 0.3) is 0 Å². The van der Waals surface area contributed by atoms with Crippen molar-refractivity contribution in [2.45, 2.75) is 51.7 Å². The zero-order valence-electron chi connectivity index (χ0n) is 12.2. The summed E-state index contributed by atoms with van der Waals surface area (Å²) in [6, 6.07) is 8.13. The van der Waals surface area contributed by atoms with Crippen LogP contribution in [0.5, 0.6) is 0 Å². The summed E-state index contributed by atoms with van der Waals surface area (Å²) < 4.78 is 15.8. The van der Waals surface area contributed by atoms with Crippen molar-refractivity contribution in [3.05, 3.63) is 35.4 Å². The van der Waals surface area contributed by atoms with E-state index in [0.29, 0.717) is 0 Å². The summed E-state index contributed by atoms with van der Waals surface area (Å²) in [5, 5.41) is 0. The normalized spacial score (nSPS) is 15.0. The van der Waals surface area contributed by atoms with Crippen LogP contribution in [0.15, 0.2) is 28.7 Å². The van der Waals surface area contributed by atoms with Crippen molar-refractivity contribution in [3.63, 3.8) is 0 Å². The molecule has 1 aromatic carbocycles. The fraction of sp³-hybridized carbons (Fsp3) is 0.533. The molecule has 1 atom stereocenters. The molecule has 0 unspecified atom stereocenters. The molecule has 0 bridgehead atoms. The molecule has 100 valence electrons. The fourth-order valence-electron chi connectivity index (χ4n) is 1.56. The van der Waals surface area contributed by atoms with Crippen LogP contribution in [0, 0.1) is 0 Å². The van der Waals surface area contributed by atoms with E-state index in [1.165, 1.54) is 5.56 Å². The Morgan fingerprint density at radius 3 is 2.11 bits per heavy atom. The summed E-state index contributed by atoms with van der Waals surface area (Å²) in [6.45, 7) is 12.3. The lowest BCUT2D eigenvalue weighted by Gasteiger charge is -2.21. The third kappa shape index (κ3) is 4.05. The van der Waals surface area contributed by atoms with Gasteiger partial charge in [-0.1, -0.05) is 45.0 Å². The molecule has 0 heterocycles. The highest BCUT2D eigenvalue weighted by molar-refractivity contribution is 7.85.